The molecule has 4 aromatic rings. The Bertz CT molecular complexity index is 1650. The highest BCUT2D eigenvalue weighted by molar-refractivity contribution is 7.51. The summed E-state index contributed by atoms with van der Waals surface area (Å²) in [6.07, 6.45) is -11.0. The number of hydrogen-bond donors (Lipinski definition) is 1. The number of ether oxygens (including phenoxy) is 2. The molecule has 1 fully saturated rings. The highest BCUT2D eigenvalue weighted by Gasteiger charge is 2.37. The van der Waals surface area contributed by atoms with Crippen molar-refractivity contribution in [2.45, 2.75) is 45.0 Å². The summed E-state index contributed by atoms with van der Waals surface area (Å²) in [5.74, 6) is 0.0928. The number of H-pyrrole nitrogens is 1. The van der Waals surface area contributed by atoms with E-state index in [0.717, 1.165) is 0 Å². The van der Waals surface area contributed by atoms with E-state index in [0.29, 0.717) is 34.3 Å². The molecule has 0 bridgehead atoms. The number of nitrogens with one attached hydrogen (secondary N) is 1. The van der Waals surface area contributed by atoms with Gasteiger partial charge in [0.2, 0.25) is 0 Å². The number of rotatable bonds is 12. The Morgan fingerprint density at radius 1 is 0.830 bits per heavy atom. The molecule has 10 nitrogen and oxygen atoms in total. The van der Waals surface area contributed by atoms with Gasteiger partial charge in [0.05, 0.1) is 50.6 Å². The number of alkyl halides is 6. The molecule has 5 rings (SSSR count). The summed E-state index contributed by atoms with van der Waals surface area (Å²) in [6, 6.07) is 18.9. The number of morpholine rings is 1. The first kappa shape index (κ1) is 34.5. The minimum Gasteiger partial charge on any atom is -0.350 e. The maximum absolute atomic E-state index is 14.0. The molecule has 1 atom stereocenters. The summed E-state index contributed by atoms with van der Waals surface area (Å²) in [6.45, 7) is -0.399. The van der Waals surface area contributed by atoms with Gasteiger partial charge in [-0.15, -0.1) is 9.55 Å². The van der Waals surface area contributed by atoms with E-state index in [1.807, 2.05) is 0 Å². The van der Waals surface area contributed by atoms with Crippen molar-refractivity contribution in [3.63, 3.8) is 0 Å². The number of benzene rings is 3. The second kappa shape index (κ2) is 14.5. The molecule has 0 radical (unpaired) electrons. The van der Waals surface area contributed by atoms with Crippen LogP contribution in [0.25, 0.3) is 0 Å². The van der Waals surface area contributed by atoms with E-state index in [2.05, 4.69) is 10.1 Å². The van der Waals surface area contributed by atoms with Gasteiger partial charge in [-0.25, -0.2) is 9.36 Å². The van der Waals surface area contributed by atoms with Crippen molar-refractivity contribution in [2.24, 2.45) is 0 Å². The number of aromatic amines is 1. The number of aromatic nitrogens is 3. The lowest BCUT2D eigenvalue weighted by Crippen LogP contribution is -2.43. The quantitative estimate of drug-likeness (QED) is 0.135. The fourth-order valence-corrected chi connectivity index (χ4v) is 6.03. The van der Waals surface area contributed by atoms with Crippen LogP contribution in [0.2, 0.25) is 0 Å². The van der Waals surface area contributed by atoms with Crippen molar-refractivity contribution in [3.8, 4) is 0 Å². The van der Waals surface area contributed by atoms with Crippen LogP contribution in [-0.4, -0.2) is 45.4 Å². The Morgan fingerprint density at radius 2 is 1.38 bits per heavy atom. The van der Waals surface area contributed by atoms with E-state index >= 15 is 0 Å². The largest absolute Gasteiger partial charge is 0.460 e. The Labute approximate surface area is 264 Å². The number of halogens is 6. The molecule has 1 saturated heterocycles. The molecule has 1 aromatic heterocycles. The molecule has 0 unspecified atom stereocenters. The molecule has 17 heteroatoms. The van der Waals surface area contributed by atoms with Crippen LogP contribution in [0.4, 0.5) is 26.3 Å². The van der Waals surface area contributed by atoms with Gasteiger partial charge in [0.15, 0.2) is 6.29 Å². The van der Waals surface area contributed by atoms with E-state index in [4.69, 9.17) is 18.5 Å². The van der Waals surface area contributed by atoms with E-state index in [1.165, 1.54) is 0 Å². The van der Waals surface area contributed by atoms with E-state index in [9.17, 15) is 35.7 Å². The summed E-state index contributed by atoms with van der Waals surface area (Å²) < 4.78 is 116. The van der Waals surface area contributed by atoms with Crippen LogP contribution in [0.15, 0.2) is 83.7 Å². The smallest absolute Gasteiger partial charge is 0.350 e. The first-order valence-corrected chi connectivity index (χ1v) is 15.7. The molecular formula is C30H29F6N4O6P. The van der Waals surface area contributed by atoms with Crippen LogP contribution < -0.4 is 5.69 Å². The minimum atomic E-state index is -4.99. The first-order valence-electron chi connectivity index (χ1n) is 14.2. The average Bonchev–Trinajstić information content (AvgIpc) is 3.42. The summed E-state index contributed by atoms with van der Waals surface area (Å²) in [7, 11) is -4.33. The second-order valence-electron chi connectivity index (χ2n) is 10.5. The molecule has 2 heterocycles. The molecule has 0 aliphatic carbocycles. The normalized spacial score (nSPS) is 16.4. The van der Waals surface area contributed by atoms with Crippen LogP contribution >= 0.6 is 7.75 Å². The molecule has 47 heavy (non-hydrogen) atoms. The predicted octanol–water partition coefficient (Wildman–Crippen LogP) is 6.37. The van der Waals surface area contributed by atoms with Crippen molar-refractivity contribution in [2.75, 3.05) is 19.7 Å². The lowest BCUT2D eigenvalue weighted by Gasteiger charge is -2.32. The van der Waals surface area contributed by atoms with Crippen LogP contribution in [0, 0.1) is 0 Å². The third-order valence-corrected chi connectivity index (χ3v) is 8.58. The van der Waals surface area contributed by atoms with Crippen LogP contribution in [0.1, 0.15) is 33.6 Å². The molecule has 3 aromatic carbocycles. The van der Waals surface area contributed by atoms with Gasteiger partial charge in [-0.2, -0.15) is 26.3 Å². The fourth-order valence-electron chi connectivity index (χ4n) is 4.62. The van der Waals surface area contributed by atoms with Gasteiger partial charge in [0.25, 0.3) is 0 Å². The van der Waals surface area contributed by atoms with E-state index < -0.39 is 49.8 Å². The van der Waals surface area contributed by atoms with Crippen LogP contribution in [0.3, 0.4) is 0 Å². The predicted molar refractivity (Wildman–Crippen MR) is 155 cm³/mol. The molecule has 0 saturated carbocycles. The zero-order chi connectivity index (χ0) is 33.7. The second-order valence-corrected chi connectivity index (χ2v) is 12.3. The van der Waals surface area contributed by atoms with Gasteiger partial charge in [-0.05, 0) is 34.9 Å². The van der Waals surface area contributed by atoms with Crippen molar-refractivity contribution < 1.29 is 49.4 Å². The van der Waals surface area contributed by atoms with Gasteiger partial charge in [0.1, 0.15) is 5.82 Å². The van der Waals surface area contributed by atoms with E-state index in [-0.39, 0.29) is 50.4 Å². The number of hydrogen-bond acceptors (Lipinski definition) is 8. The lowest BCUT2D eigenvalue weighted by molar-refractivity contribution is -0.187. The highest BCUT2D eigenvalue weighted by atomic mass is 31.2. The van der Waals surface area contributed by atoms with Gasteiger partial charge >= 0.3 is 25.8 Å². The topological polar surface area (TPSA) is 108 Å². The zero-order valence-corrected chi connectivity index (χ0v) is 25.4. The maximum Gasteiger partial charge on any atom is 0.460 e. The molecule has 252 valence electrons. The van der Waals surface area contributed by atoms with Gasteiger partial charge in [0, 0.05) is 6.54 Å². The van der Waals surface area contributed by atoms with Crippen molar-refractivity contribution in [1.82, 2.24) is 19.4 Å². The minimum absolute atomic E-state index is 0.00457. The summed E-state index contributed by atoms with van der Waals surface area (Å²) in [4.78, 5) is 17.2. The molecule has 0 amide bonds. The molecule has 0 spiro atoms. The molecule has 1 N–H and O–H groups in total. The average molecular weight is 687 g/mol. The third kappa shape index (κ3) is 9.40. The van der Waals surface area contributed by atoms with E-state index in [1.54, 1.807) is 65.6 Å². The van der Waals surface area contributed by atoms with Crippen molar-refractivity contribution in [1.29, 1.82) is 0 Å². The Hall–Kier alpha value is -3.79. The maximum atomic E-state index is 14.0. The Balaban J connectivity index is 1.26. The highest BCUT2D eigenvalue weighted by Crippen LogP contribution is 2.49. The lowest BCUT2D eigenvalue weighted by atomic mass is 10.1. The first-order chi connectivity index (χ1) is 22.3. The van der Waals surface area contributed by atoms with Crippen molar-refractivity contribution >= 4 is 7.75 Å². The van der Waals surface area contributed by atoms with Gasteiger partial charge in [-0.1, -0.05) is 60.7 Å². The van der Waals surface area contributed by atoms with Gasteiger partial charge in [-0.3, -0.25) is 18.9 Å². The monoisotopic (exact) mass is 686 g/mol. The summed E-state index contributed by atoms with van der Waals surface area (Å²) >= 11 is 0. The fraction of sp³-hybridized carbons (Fsp3) is 0.333. The summed E-state index contributed by atoms with van der Waals surface area (Å²) in [5, 5.41) is 4.18. The van der Waals surface area contributed by atoms with Crippen LogP contribution in [0.5, 0.6) is 0 Å². The Morgan fingerprint density at radius 3 is 1.91 bits per heavy atom. The molecule has 1 aliphatic rings. The van der Waals surface area contributed by atoms with Crippen molar-refractivity contribution in [3.05, 3.63) is 123 Å². The Kier molecular flexibility index (Phi) is 10.7. The van der Waals surface area contributed by atoms with Crippen LogP contribution in [-0.2, 0) is 61.8 Å². The summed E-state index contributed by atoms with van der Waals surface area (Å²) in [5.41, 5.74) is -2.73. The molecule has 1 aliphatic heterocycles. The molecular weight excluding hydrogens is 657 g/mol. The SMILES string of the molecule is O=c1[nH]c(CN2CCO[C@H](OCc3cc(C(F)(F)F)cc(C(F)(F)F)c3)C2)nn1P(=O)(OCc1ccccc1)OCc1ccccc1. The standard InChI is InChI=1S/C30H29F6N4O6P/c31-29(32,33)24-13-23(14-25(15-24)30(34,35)36)18-44-27-17-39(11-12-43-27)16-26-37-28(41)40(38-26)47(42,45-19-21-7-3-1-4-8-21)46-20-22-9-5-2-6-10-22/h1-10,13-15,27H,11-12,16-20H2,(H,37,38,41)/t27-/m1/s1. The number of nitrogens with zero attached hydrogens (tertiary/aromatic N) is 3. The third-order valence-electron chi connectivity index (χ3n) is 6.93. The zero-order valence-electron chi connectivity index (χ0n) is 24.5. The van der Waals surface area contributed by atoms with Gasteiger partial charge < -0.3 is 9.47 Å².